The first-order chi connectivity index (χ1) is 13.4. The SMILES string of the molecule is CCOC(=O)COc1ccc(/C=C(\Sc2nnc(C)o2)C(=O)O)cc1OCC. The lowest BCUT2D eigenvalue weighted by molar-refractivity contribution is -0.145. The average Bonchev–Trinajstić information content (AvgIpc) is 3.06. The molecule has 28 heavy (non-hydrogen) atoms. The Bertz CT molecular complexity index is 863. The summed E-state index contributed by atoms with van der Waals surface area (Å²) in [7, 11) is 0. The molecule has 0 aliphatic carbocycles. The molecule has 0 spiro atoms. The molecule has 0 bridgehead atoms. The van der Waals surface area contributed by atoms with E-state index in [0.29, 0.717) is 29.6 Å². The predicted octanol–water partition coefficient (Wildman–Crippen LogP) is 2.94. The van der Waals surface area contributed by atoms with Crippen LogP contribution in [0.1, 0.15) is 25.3 Å². The summed E-state index contributed by atoms with van der Waals surface area (Å²) in [5, 5.41) is 17.0. The van der Waals surface area contributed by atoms with Gasteiger partial charge in [-0.15, -0.1) is 10.2 Å². The quantitative estimate of drug-likeness (QED) is 0.357. The molecule has 1 N–H and O–H groups in total. The van der Waals surface area contributed by atoms with E-state index in [1.165, 1.54) is 6.08 Å². The number of thioether (sulfide) groups is 1. The van der Waals surface area contributed by atoms with Crippen molar-refractivity contribution in [3.05, 3.63) is 34.6 Å². The van der Waals surface area contributed by atoms with Crippen molar-refractivity contribution in [1.82, 2.24) is 10.2 Å². The number of carbonyl (C=O) groups excluding carboxylic acids is 1. The fourth-order valence-electron chi connectivity index (χ4n) is 2.04. The predicted molar refractivity (Wildman–Crippen MR) is 100 cm³/mol. The van der Waals surface area contributed by atoms with Gasteiger partial charge in [0.1, 0.15) is 4.91 Å². The highest BCUT2D eigenvalue weighted by atomic mass is 32.2. The van der Waals surface area contributed by atoms with Gasteiger partial charge in [0.15, 0.2) is 18.1 Å². The molecule has 2 aromatic rings. The fraction of sp³-hybridized carbons (Fsp3) is 0.333. The van der Waals surface area contributed by atoms with Crippen molar-refractivity contribution < 1.29 is 33.3 Å². The molecule has 10 heteroatoms. The highest BCUT2D eigenvalue weighted by Crippen LogP contribution is 2.32. The molecule has 2 rings (SSSR count). The minimum atomic E-state index is -1.14. The van der Waals surface area contributed by atoms with Crippen LogP contribution in [-0.4, -0.2) is 47.1 Å². The highest BCUT2D eigenvalue weighted by Gasteiger charge is 2.15. The third kappa shape index (κ3) is 6.31. The Balaban J connectivity index is 2.22. The van der Waals surface area contributed by atoms with E-state index in [1.807, 2.05) is 0 Å². The summed E-state index contributed by atoms with van der Waals surface area (Å²) in [4.78, 5) is 23.0. The number of aromatic nitrogens is 2. The number of hydrogen-bond acceptors (Lipinski definition) is 9. The fourth-order valence-corrected chi connectivity index (χ4v) is 2.76. The molecule has 0 amide bonds. The lowest BCUT2D eigenvalue weighted by Gasteiger charge is -2.12. The lowest BCUT2D eigenvalue weighted by Crippen LogP contribution is -2.15. The number of carboxylic acids is 1. The smallest absolute Gasteiger partial charge is 0.344 e. The number of carbonyl (C=O) groups is 2. The first-order valence-electron chi connectivity index (χ1n) is 8.41. The summed E-state index contributed by atoms with van der Waals surface area (Å²) in [6, 6.07) is 4.86. The van der Waals surface area contributed by atoms with Crippen LogP contribution in [0.2, 0.25) is 0 Å². The minimum Gasteiger partial charge on any atom is -0.490 e. The van der Waals surface area contributed by atoms with E-state index in [2.05, 4.69) is 10.2 Å². The van der Waals surface area contributed by atoms with Crippen LogP contribution in [0, 0.1) is 6.92 Å². The molecular formula is C18H20N2O7S. The molecule has 0 aliphatic heterocycles. The zero-order valence-corrected chi connectivity index (χ0v) is 16.4. The van der Waals surface area contributed by atoms with Gasteiger partial charge in [0.2, 0.25) is 5.89 Å². The Kier molecular flexibility index (Phi) is 7.88. The number of aliphatic carboxylic acids is 1. The van der Waals surface area contributed by atoms with E-state index < -0.39 is 11.9 Å². The van der Waals surface area contributed by atoms with Crippen molar-refractivity contribution in [2.45, 2.75) is 26.0 Å². The Morgan fingerprint density at radius 3 is 2.57 bits per heavy atom. The van der Waals surface area contributed by atoms with E-state index in [0.717, 1.165) is 11.8 Å². The third-order valence-electron chi connectivity index (χ3n) is 3.13. The lowest BCUT2D eigenvalue weighted by atomic mass is 10.2. The standard InChI is InChI=1S/C18H20N2O7S/c1-4-24-14-8-12(6-7-13(14)26-10-16(21)25-5-2)9-15(17(22)23)28-18-20-19-11(3)27-18/h6-9H,4-5,10H2,1-3H3,(H,22,23)/b15-9-. The molecular weight excluding hydrogens is 388 g/mol. The molecule has 0 unspecified atom stereocenters. The number of esters is 1. The van der Waals surface area contributed by atoms with Crippen LogP contribution < -0.4 is 9.47 Å². The second kappa shape index (κ2) is 10.4. The number of rotatable bonds is 10. The summed E-state index contributed by atoms with van der Waals surface area (Å²) in [5.74, 6) is -0.559. The molecule has 0 fully saturated rings. The number of carboxylic acid groups (broad SMARTS) is 1. The first kappa shape index (κ1) is 21.3. The molecule has 0 saturated heterocycles. The molecule has 150 valence electrons. The van der Waals surface area contributed by atoms with Gasteiger partial charge in [0, 0.05) is 6.92 Å². The van der Waals surface area contributed by atoms with E-state index in [-0.39, 0.29) is 23.3 Å². The van der Waals surface area contributed by atoms with Crippen molar-refractivity contribution in [2.24, 2.45) is 0 Å². The van der Waals surface area contributed by atoms with Gasteiger partial charge in [-0.2, -0.15) is 0 Å². The highest BCUT2D eigenvalue weighted by molar-refractivity contribution is 8.03. The Hall–Kier alpha value is -3.01. The normalized spacial score (nSPS) is 11.2. The van der Waals surface area contributed by atoms with Crippen molar-refractivity contribution in [3.8, 4) is 11.5 Å². The van der Waals surface area contributed by atoms with Crippen LogP contribution in [0.5, 0.6) is 11.5 Å². The van der Waals surface area contributed by atoms with Crippen LogP contribution in [0.15, 0.2) is 32.7 Å². The molecule has 1 aromatic carbocycles. The molecule has 1 heterocycles. The summed E-state index contributed by atoms with van der Waals surface area (Å²) in [6.45, 7) is 5.50. The Morgan fingerprint density at radius 1 is 1.18 bits per heavy atom. The van der Waals surface area contributed by atoms with Gasteiger partial charge in [-0.1, -0.05) is 6.07 Å². The number of ether oxygens (including phenoxy) is 3. The van der Waals surface area contributed by atoms with Gasteiger partial charge in [-0.3, -0.25) is 0 Å². The summed E-state index contributed by atoms with van der Waals surface area (Å²) in [5.41, 5.74) is 0.563. The van der Waals surface area contributed by atoms with Gasteiger partial charge in [0.25, 0.3) is 5.22 Å². The molecule has 0 atom stereocenters. The maximum atomic E-state index is 11.5. The topological polar surface area (TPSA) is 121 Å². The number of hydrogen-bond donors (Lipinski definition) is 1. The molecule has 9 nitrogen and oxygen atoms in total. The van der Waals surface area contributed by atoms with E-state index in [9.17, 15) is 14.7 Å². The molecule has 0 aliphatic rings. The summed E-state index contributed by atoms with van der Waals surface area (Å²) >= 11 is 0.844. The van der Waals surface area contributed by atoms with Crippen molar-refractivity contribution in [3.63, 3.8) is 0 Å². The van der Waals surface area contributed by atoms with Gasteiger partial charge >= 0.3 is 11.9 Å². The van der Waals surface area contributed by atoms with Gasteiger partial charge in [0.05, 0.1) is 13.2 Å². The van der Waals surface area contributed by atoms with Gasteiger partial charge in [-0.05, 0) is 49.4 Å². The van der Waals surface area contributed by atoms with Gasteiger partial charge in [-0.25, -0.2) is 9.59 Å². The van der Waals surface area contributed by atoms with Crippen LogP contribution in [0.3, 0.4) is 0 Å². The zero-order chi connectivity index (χ0) is 20.5. The monoisotopic (exact) mass is 408 g/mol. The number of aryl methyl sites for hydroxylation is 1. The molecule has 1 aromatic heterocycles. The van der Waals surface area contributed by atoms with Crippen LogP contribution in [0.4, 0.5) is 0 Å². The third-order valence-corrected chi connectivity index (χ3v) is 3.98. The maximum Gasteiger partial charge on any atom is 0.344 e. The van der Waals surface area contributed by atoms with Crippen molar-refractivity contribution in [2.75, 3.05) is 19.8 Å². The second-order valence-corrected chi connectivity index (χ2v) is 6.23. The average molecular weight is 408 g/mol. The number of benzene rings is 1. The second-order valence-electron chi connectivity index (χ2n) is 5.24. The van der Waals surface area contributed by atoms with E-state index in [4.69, 9.17) is 18.6 Å². The van der Waals surface area contributed by atoms with Crippen LogP contribution >= 0.6 is 11.8 Å². The largest absolute Gasteiger partial charge is 0.490 e. The molecule has 0 radical (unpaired) electrons. The summed E-state index contributed by atoms with van der Waals surface area (Å²) < 4.78 is 21.0. The van der Waals surface area contributed by atoms with Gasteiger partial charge < -0.3 is 23.7 Å². The van der Waals surface area contributed by atoms with Crippen molar-refractivity contribution >= 4 is 29.8 Å². The molecule has 0 saturated carbocycles. The summed E-state index contributed by atoms with van der Waals surface area (Å²) in [6.07, 6.45) is 1.45. The van der Waals surface area contributed by atoms with Crippen molar-refractivity contribution in [1.29, 1.82) is 0 Å². The Morgan fingerprint density at radius 2 is 1.96 bits per heavy atom. The van der Waals surface area contributed by atoms with Crippen LogP contribution in [0.25, 0.3) is 6.08 Å². The maximum absolute atomic E-state index is 11.5. The minimum absolute atomic E-state index is 0.00806. The number of nitrogens with zero attached hydrogens (tertiary/aromatic N) is 2. The first-order valence-corrected chi connectivity index (χ1v) is 9.22. The Labute approximate surface area is 165 Å². The van der Waals surface area contributed by atoms with E-state index >= 15 is 0 Å². The van der Waals surface area contributed by atoms with E-state index in [1.54, 1.807) is 39.0 Å². The van der Waals surface area contributed by atoms with Crippen LogP contribution in [-0.2, 0) is 14.3 Å². The zero-order valence-electron chi connectivity index (χ0n) is 15.6.